The minimum Gasteiger partial charge on any atom is -0.312 e. The van der Waals surface area contributed by atoms with Gasteiger partial charge in [0.15, 0.2) is 0 Å². The number of hydrogen-bond donors (Lipinski definition) is 1. The van der Waals surface area contributed by atoms with E-state index >= 15 is 0 Å². The molecule has 1 heterocycles. The van der Waals surface area contributed by atoms with Crippen LogP contribution in [0.1, 0.15) is 20.8 Å². The van der Waals surface area contributed by atoms with E-state index in [1.165, 1.54) is 0 Å². The molecule has 0 aliphatic carbocycles. The second-order valence-electron chi connectivity index (χ2n) is 4.23. The standard InChI is InChI=1S/C11H18IN3O/c1-8(2)9(3)14-4-5-15-7-13-6-10(12)11(15)16/h6-9,14H,4-5H2,1-3H3. The van der Waals surface area contributed by atoms with E-state index in [9.17, 15) is 4.79 Å². The van der Waals surface area contributed by atoms with Crippen molar-refractivity contribution in [2.75, 3.05) is 6.54 Å². The minimum absolute atomic E-state index is 0.0367. The first-order valence-corrected chi connectivity index (χ1v) is 6.53. The van der Waals surface area contributed by atoms with Crippen LogP contribution in [0.15, 0.2) is 17.3 Å². The predicted octanol–water partition coefficient (Wildman–Crippen LogP) is 1.48. The van der Waals surface area contributed by atoms with E-state index in [1.807, 2.05) is 22.6 Å². The van der Waals surface area contributed by atoms with Crippen molar-refractivity contribution in [2.45, 2.75) is 33.4 Å². The Labute approximate surface area is 110 Å². The highest BCUT2D eigenvalue weighted by Crippen LogP contribution is 1.99. The minimum atomic E-state index is 0.0367. The van der Waals surface area contributed by atoms with Gasteiger partial charge in [0.1, 0.15) is 0 Å². The molecule has 0 aliphatic heterocycles. The van der Waals surface area contributed by atoms with Crippen molar-refractivity contribution in [1.29, 1.82) is 0 Å². The largest absolute Gasteiger partial charge is 0.312 e. The molecule has 0 saturated carbocycles. The van der Waals surface area contributed by atoms with Crippen LogP contribution in [-0.4, -0.2) is 22.1 Å². The molecule has 0 spiro atoms. The molecule has 4 nitrogen and oxygen atoms in total. The fourth-order valence-electron chi connectivity index (χ4n) is 1.23. The van der Waals surface area contributed by atoms with Crippen LogP contribution in [0.5, 0.6) is 0 Å². The monoisotopic (exact) mass is 335 g/mol. The van der Waals surface area contributed by atoms with Gasteiger partial charge in [0.05, 0.1) is 9.90 Å². The Hall–Kier alpha value is -0.430. The average molecular weight is 335 g/mol. The summed E-state index contributed by atoms with van der Waals surface area (Å²) in [6, 6.07) is 0.464. The van der Waals surface area contributed by atoms with Gasteiger partial charge in [-0.25, -0.2) is 4.98 Å². The van der Waals surface area contributed by atoms with E-state index < -0.39 is 0 Å². The highest BCUT2D eigenvalue weighted by atomic mass is 127. The summed E-state index contributed by atoms with van der Waals surface area (Å²) >= 11 is 2.01. The molecule has 0 bridgehead atoms. The number of aromatic nitrogens is 2. The second-order valence-corrected chi connectivity index (χ2v) is 5.39. The summed E-state index contributed by atoms with van der Waals surface area (Å²) in [7, 11) is 0. The lowest BCUT2D eigenvalue weighted by Crippen LogP contribution is -2.35. The average Bonchev–Trinajstić information content (AvgIpc) is 2.24. The number of nitrogens with zero attached hydrogens (tertiary/aromatic N) is 2. The summed E-state index contributed by atoms with van der Waals surface area (Å²) < 4.78 is 2.30. The number of nitrogens with one attached hydrogen (secondary N) is 1. The van der Waals surface area contributed by atoms with Gasteiger partial charge in [-0.3, -0.25) is 9.36 Å². The maximum atomic E-state index is 11.7. The zero-order valence-corrected chi connectivity index (χ0v) is 12.1. The van der Waals surface area contributed by atoms with Crippen molar-refractivity contribution in [1.82, 2.24) is 14.9 Å². The lowest BCUT2D eigenvalue weighted by molar-refractivity contribution is 0.414. The summed E-state index contributed by atoms with van der Waals surface area (Å²) in [6.07, 6.45) is 3.18. The molecule has 1 unspecified atom stereocenters. The van der Waals surface area contributed by atoms with Crippen LogP contribution in [0.2, 0.25) is 0 Å². The first-order valence-electron chi connectivity index (χ1n) is 5.45. The van der Waals surface area contributed by atoms with Crippen molar-refractivity contribution in [2.24, 2.45) is 5.92 Å². The summed E-state index contributed by atoms with van der Waals surface area (Å²) in [4.78, 5) is 15.7. The fraction of sp³-hybridized carbons (Fsp3) is 0.636. The molecule has 5 heteroatoms. The Morgan fingerprint density at radius 2 is 2.19 bits per heavy atom. The summed E-state index contributed by atoms with van der Waals surface area (Å²) in [5.41, 5.74) is 0.0367. The second kappa shape index (κ2) is 6.34. The quantitative estimate of drug-likeness (QED) is 0.830. The van der Waals surface area contributed by atoms with Gasteiger partial charge in [-0.05, 0) is 35.4 Å². The third kappa shape index (κ3) is 3.86. The van der Waals surface area contributed by atoms with E-state index in [-0.39, 0.29) is 5.56 Å². The molecule has 1 rings (SSSR count). The van der Waals surface area contributed by atoms with Crippen LogP contribution in [0.4, 0.5) is 0 Å². The lowest BCUT2D eigenvalue weighted by Gasteiger charge is -2.17. The van der Waals surface area contributed by atoms with Crippen LogP contribution in [-0.2, 0) is 6.54 Å². The molecule has 16 heavy (non-hydrogen) atoms. The third-order valence-electron chi connectivity index (χ3n) is 2.68. The van der Waals surface area contributed by atoms with E-state index in [0.29, 0.717) is 22.1 Å². The van der Waals surface area contributed by atoms with E-state index in [0.717, 1.165) is 6.54 Å². The van der Waals surface area contributed by atoms with Crippen molar-refractivity contribution in [3.05, 3.63) is 26.4 Å². The molecule has 0 amide bonds. The van der Waals surface area contributed by atoms with Crippen LogP contribution in [0.25, 0.3) is 0 Å². The maximum Gasteiger partial charge on any atom is 0.266 e. The SMILES string of the molecule is CC(C)C(C)NCCn1cncc(I)c1=O. The van der Waals surface area contributed by atoms with Gasteiger partial charge in [0, 0.05) is 25.3 Å². The Kier molecular flexibility index (Phi) is 5.40. The zero-order chi connectivity index (χ0) is 12.1. The molecule has 1 aromatic rings. The molecular weight excluding hydrogens is 317 g/mol. The van der Waals surface area contributed by atoms with Gasteiger partial charge >= 0.3 is 0 Å². The lowest BCUT2D eigenvalue weighted by atomic mass is 10.1. The zero-order valence-electron chi connectivity index (χ0n) is 9.90. The van der Waals surface area contributed by atoms with E-state index in [4.69, 9.17) is 0 Å². The topological polar surface area (TPSA) is 46.9 Å². The maximum absolute atomic E-state index is 11.7. The van der Waals surface area contributed by atoms with Gasteiger partial charge < -0.3 is 5.32 Å². The van der Waals surface area contributed by atoms with Crippen molar-refractivity contribution in [3.8, 4) is 0 Å². The van der Waals surface area contributed by atoms with Crippen LogP contribution in [0, 0.1) is 9.49 Å². The molecule has 0 fully saturated rings. The number of halogens is 1. The highest BCUT2D eigenvalue weighted by Gasteiger charge is 2.06. The number of rotatable bonds is 5. The van der Waals surface area contributed by atoms with Gasteiger partial charge in [-0.15, -0.1) is 0 Å². The molecule has 0 aliphatic rings. The normalized spacial score (nSPS) is 13.1. The van der Waals surface area contributed by atoms with Crippen molar-refractivity contribution >= 4 is 22.6 Å². The van der Waals surface area contributed by atoms with Gasteiger partial charge in [-0.1, -0.05) is 13.8 Å². The van der Waals surface area contributed by atoms with Crippen LogP contribution in [0.3, 0.4) is 0 Å². The Bertz CT molecular complexity index is 389. The highest BCUT2D eigenvalue weighted by molar-refractivity contribution is 14.1. The number of hydrogen-bond acceptors (Lipinski definition) is 3. The molecule has 0 aromatic carbocycles. The van der Waals surface area contributed by atoms with Crippen molar-refractivity contribution < 1.29 is 0 Å². The molecule has 1 aromatic heterocycles. The first-order chi connectivity index (χ1) is 7.52. The third-order valence-corrected chi connectivity index (χ3v) is 3.42. The molecular formula is C11H18IN3O. The smallest absolute Gasteiger partial charge is 0.266 e. The van der Waals surface area contributed by atoms with Gasteiger partial charge in [-0.2, -0.15) is 0 Å². The molecule has 1 N–H and O–H groups in total. The van der Waals surface area contributed by atoms with Crippen LogP contribution >= 0.6 is 22.6 Å². The molecule has 90 valence electrons. The van der Waals surface area contributed by atoms with Crippen LogP contribution < -0.4 is 10.9 Å². The summed E-state index contributed by atoms with van der Waals surface area (Å²) in [6.45, 7) is 7.97. The van der Waals surface area contributed by atoms with Crippen molar-refractivity contribution in [3.63, 3.8) is 0 Å². The Morgan fingerprint density at radius 1 is 1.50 bits per heavy atom. The fourth-order valence-corrected chi connectivity index (χ4v) is 1.70. The Morgan fingerprint density at radius 3 is 2.81 bits per heavy atom. The molecule has 0 radical (unpaired) electrons. The van der Waals surface area contributed by atoms with Gasteiger partial charge in [0.2, 0.25) is 0 Å². The Balaban J connectivity index is 2.50. The van der Waals surface area contributed by atoms with Gasteiger partial charge in [0.25, 0.3) is 5.56 Å². The first kappa shape index (κ1) is 13.6. The van der Waals surface area contributed by atoms with E-state index in [1.54, 1.807) is 17.1 Å². The summed E-state index contributed by atoms with van der Waals surface area (Å²) in [5.74, 6) is 0.603. The molecule has 0 saturated heterocycles. The summed E-state index contributed by atoms with van der Waals surface area (Å²) in [5, 5.41) is 3.39. The predicted molar refractivity (Wildman–Crippen MR) is 73.5 cm³/mol. The molecule has 1 atom stereocenters. The van der Waals surface area contributed by atoms with E-state index in [2.05, 4.69) is 31.1 Å².